The highest BCUT2D eigenvalue weighted by Crippen LogP contribution is 2.11. The summed E-state index contributed by atoms with van der Waals surface area (Å²) in [6.45, 7) is 7.41. The average Bonchev–Trinajstić information content (AvgIpc) is 2.12. The zero-order chi connectivity index (χ0) is 10.3. The number of hydrogen-bond donors (Lipinski definition) is 2. The first-order valence-electron chi connectivity index (χ1n) is 4.51. The van der Waals surface area contributed by atoms with E-state index in [0.717, 1.165) is 6.54 Å². The molecule has 0 saturated heterocycles. The van der Waals surface area contributed by atoms with Gasteiger partial charge >= 0.3 is 0 Å². The van der Waals surface area contributed by atoms with Crippen molar-refractivity contribution in [3.8, 4) is 11.8 Å². The van der Waals surface area contributed by atoms with Gasteiger partial charge in [0.25, 0.3) is 0 Å². The molecule has 3 nitrogen and oxygen atoms in total. The Morgan fingerprint density at radius 3 is 2.23 bits per heavy atom. The summed E-state index contributed by atoms with van der Waals surface area (Å²) < 4.78 is 0. The van der Waals surface area contributed by atoms with E-state index < -0.39 is 0 Å². The molecule has 0 heterocycles. The molecule has 0 radical (unpaired) electrons. The minimum absolute atomic E-state index is 0.100. The van der Waals surface area contributed by atoms with Gasteiger partial charge in [-0.1, -0.05) is 18.8 Å². The van der Waals surface area contributed by atoms with E-state index in [1.165, 1.54) is 0 Å². The Hall–Kier alpha value is -0.560. The summed E-state index contributed by atoms with van der Waals surface area (Å²) in [6.07, 6.45) is 0. The number of aliphatic hydroxyl groups is 2. The van der Waals surface area contributed by atoms with Crippen molar-refractivity contribution < 1.29 is 10.2 Å². The molecule has 0 aliphatic heterocycles. The number of aliphatic hydroxyl groups excluding tert-OH is 2. The van der Waals surface area contributed by atoms with Gasteiger partial charge in [-0.3, -0.25) is 4.90 Å². The molecule has 0 spiro atoms. The van der Waals surface area contributed by atoms with Crippen LogP contribution in [-0.2, 0) is 0 Å². The molecule has 0 amide bonds. The molecule has 0 fully saturated rings. The first kappa shape index (κ1) is 12.4. The van der Waals surface area contributed by atoms with Crippen molar-refractivity contribution in [2.24, 2.45) is 0 Å². The predicted molar refractivity (Wildman–Crippen MR) is 53.3 cm³/mol. The first-order valence-corrected chi connectivity index (χ1v) is 4.51. The van der Waals surface area contributed by atoms with Crippen LogP contribution in [0.4, 0.5) is 0 Å². The van der Waals surface area contributed by atoms with E-state index in [2.05, 4.69) is 16.7 Å². The van der Waals surface area contributed by atoms with Crippen LogP contribution in [0.1, 0.15) is 20.8 Å². The molecular weight excluding hydrogens is 166 g/mol. The number of likely N-dealkylation sites (N-methyl/N-ethyl adjacent to an activating group) is 1. The Balaban J connectivity index is 4.17. The Labute approximate surface area is 80.4 Å². The third-order valence-electron chi connectivity index (χ3n) is 2.10. The van der Waals surface area contributed by atoms with E-state index in [9.17, 15) is 0 Å². The van der Waals surface area contributed by atoms with E-state index in [1.54, 1.807) is 0 Å². The average molecular weight is 185 g/mol. The van der Waals surface area contributed by atoms with Gasteiger partial charge in [-0.2, -0.15) is 0 Å². The molecule has 3 heteroatoms. The zero-order valence-corrected chi connectivity index (χ0v) is 8.67. The fraction of sp³-hybridized carbons (Fsp3) is 0.800. The van der Waals surface area contributed by atoms with Crippen LogP contribution < -0.4 is 0 Å². The lowest BCUT2D eigenvalue weighted by Gasteiger charge is -2.34. The van der Waals surface area contributed by atoms with Gasteiger partial charge < -0.3 is 10.2 Å². The molecule has 0 aromatic heterocycles. The van der Waals surface area contributed by atoms with Crippen LogP contribution in [-0.4, -0.2) is 47.0 Å². The Morgan fingerprint density at radius 2 is 1.85 bits per heavy atom. The van der Waals surface area contributed by atoms with Gasteiger partial charge in [0.2, 0.25) is 0 Å². The van der Waals surface area contributed by atoms with Gasteiger partial charge in [-0.25, -0.2) is 0 Å². The van der Waals surface area contributed by atoms with Crippen LogP contribution in [0.2, 0.25) is 0 Å². The highest BCUT2D eigenvalue weighted by Gasteiger charge is 2.23. The standard InChI is InChI=1S/C10H19NO2/c1-4-11(7-5-6-8-12)10(2,3)9-13/h12-13H,4,7-9H2,1-3H3. The summed E-state index contributed by atoms with van der Waals surface area (Å²) in [5.74, 6) is 5.43. The quantitative estimate of drug-likeness (QED) is 0.609. The lowest BCUT2D eigenvalue weighted by molar-refractivity contribution is 0.0728. The number of nitrogens with zero attached hydrogens (tertiary/aromatic N) is 1. The molecule has 0 aromatic carbocycles. The Bertz CT molecular complexity index is 191. The summed E-state index contributed by atoms with van der Waals surface area (Å²) in [5.41, 5.74) is -0.237. The highest BCUT2D eigenvalue weighted by atomic mass is 16.3. The lowest BCUT2D eigenvalue weighted by Crippen LogP contribution is -2.46. The van der Waals surface area contributed by atoms with Gasteiger partial charge in [-0.05, 0) is 20.4 Å². The maximum absolute atomic E-state index is 9.11. The van der Waals surface area contributed by atoms with Crippen molar-refractivity contribution >= 4 is 0 Å². The lowest BCUT2D eigenvalue weighted by atomic mass is 10.0. The van der Waals surface area contributed by atoms with E-state index in [4.69, 9.17) is 10.2 Å². The maximum atomic E-state index is 9.11. The zero-order valence-electron chi connectivity index (χ0n) is 8.67. The molecule has 13 heavy (non-hydrogen) atoms. The minimum Gasteiger partial charge on any atom is -0.394 e. The summed E-state index contributed by atoms with van der Waals surface area (Å²) >= 11 is 0. The fourth-order valence-corrected chi connectivity index (χ4v) is 1.06. The van der Waals surface area contributed by atoms with E-state index in [0.29, 0.717) is 6.54 Å². The molecule has 0 atom stereocenters. The molecule has 0 bridgehead atoms. The normalized spacial score (nSPS) is 11.2. The van der Waals surface area contributed by atoms with Gasteiger partial charge in [0.05, 0.1) is 13.2 Å². The van der Waals surface area contributed by atoms with Crippen LogP contribution in [0.5, 0.6) is 0 Å². The smallest absolute Gasteiger partial charge is 0.104 e. The Kier molecular flexibility index (Phi) is 5.72. The monoisotopic (exact) mass is 185 g/mol. The van der Waals surface area contributed by atoms with Crippen LogP contribution in [0, 0.1) is 11.8 Å². The first-order chi connectivity index (χ1) is 6.08. The maximum Gasteiger partial charge on any atom is 0.104 e. The molecule has 2 N–H and O–H groups in total. The molecular formula is C10H19NO2. The number of hydrogen-bond acceptors (Lipinski definition) is 3. The highest BCUT2D eigenvalue weighted by molar-refractivity contribution is 5.02. The summed E-state index contributed by atoms with van der Waals surface area (Å²) in [7, 11) is 0. The van der Waals surface area contributed by atoms with Gasteiger partial charge in [0.15, 0.2) is 0 Å². The van der Waals surface area contributed by atoms with Crippen LogP contribution in [0.15, 0.2) is 0 Å². The van der Waals surface area contributed by atoms with Crippen molar-refractivity contribution in [1.29, 1.82) is 0 Å². The van der Waals surface area contributed by atoms with Gasteiger partial charge in [-0.15, -0.1) is 0 Å². The third-order valence-corrected chi connectivity index (χ3v) is 2.10. The summed E-state index contributed by atoms with van der Waals surface area (Å²) in [4.78, 5) is 2.07. The van der Waals surface area contributed by atoms with Crippen molar-refractivity contribution in [2.45, 2.75) is 26.3 Å². The molecule has 0 aliphatic carbocycles. The third kappa shape index (κ3) is 4.28. The molecule has 0 saturated carbocycles. The topological polar surface area (TPSA) is 43.7 Å². The fourth-order valence-electron chi connectivity index (χ4n) is 1.06. The van der Waals surface area contributed by atoms with Crippen molar-refractivity contribution in [2.75, 3.05) is 26.3 Å². The van der Waals surface area contributed by atoms with Gasteiger partial charge in [0, 0.05) is 5.54 Å². The van der Waals surface area contributed by atoms with Crippen LogP contribution in [0.25, 0.3) is 0 Å². The van der Waals surface area contributed by atoms with Crippen LogP contribution in [0.3, 0.4) is 0 Å². The second kappa shape index (κ2) is 5.98. The van der Waals surface area contributed by atoms with Crippen molar-refractivity contribution in [3.63, 3.8) is 0 Å². The van der Waals surface area contributed by atoms with E-state index in [1.807, 2.05) is 20.8 Å². The van der Waals surface area contributed by atoms with E-state index in [-0.39, 0.29) is 18.8 Å². The Morgan fingerprint density at radius 1 is 1.23 bits per heavy atom. The molecule has 0 rings (SSSR count). The van der Waals surface area contributed by atoms with Crippen LogP contribution >= 0.6 is 0 Å². The predicted octanol–water partition coefficient (Wildman–Crippen LogP) is 0.0749. The minimum atomic E-state index is -0.237. The molecule has 0 unspecified atom stereocenters. The van der Waals surface area contributed by atoms with E-state index >= 15 is 0 Å². The molecule has 76 valence electrons. The van der Waals surface area contributed by atoms with Gasteiger partial charge in [0.1, 0.15) is 6.61 Å². The van der Waals surface area contributed by atoms with Crippen molar-refractivity contribution in [1.82, 2.24) is 4.90 Å². The SMILES string of the molecule is CCN(CC#CCO)C(C)(C)CO. The second-order valence-electron chi connectivity index (χ2n) is 3.50. The molecule has 0 aromatic rings. The summed E-state index contributed by atoms with van der Waals surface area (Å²) in [5, 5.41) is 17.6. The van der Waals surface area contributed by atoms with Crippen molar-refractivity contribution in [3.05, 3.63) is 0 Å². The largest absolute Gasteiger partial charge is 0.394 e. The number of rotatable bonds is 4. The molecule has 0 aliphatic rings. The second-order valence-corrected chi connectivity index (χ2v) is 3.50. The summed E-state index contributed by atoms with van der Waals surface area (Å²) in [6, 6.07) is 0.